The van der Waals surface area contributed by atoms with Gasteiger partial charge in [0.1, 0.15) is 11.6 Å². The number of carbonyl (C=O) groups is 2. The maximum absolute atomic E-state index is 11.9. The molecule has 0 aromatic carbocycles. The number of likely N-dealkylation sites (tertiary alicyclic amines) is 1. The maximum atomic E-state index is 11.9. The van der Waals surface area contributed by atoms with E-state index in [4.69, 9.17) is 9.84 Å². The van der Waals surface area contributed by atoms with Crippen LogP contribution in [-0.2, 0) is 9.53 Å². The number of piperidine rings is 1. The first-order valence-corrected chi connectivity index (χ1v) is 7.08. The van der Waals surface area contributed by atoms with Gasteiger partial charge in [0.05, 0.1) is 0 Å². The first-order valence-electron chi connectivity index (χ1n) is 5.93. The van der Waals surface area contributed by atoms with Gasteiger partial charge < -0.3 is 9.84 Å². The first kappa shape index (κ1) is 14.0. The van der Waals surface area contributed by atoms with Gasteiger partial charge in [-0.1, -0.05) is 0 Å². The fraction of sp³-hybridized carbons (Fsp3) is 0.818. The third-order valence-corrected chi connectivity index (χ3v) is 3.67. The summed E-state index contributed by atoms with van der Waals surface area (Å²) >= 11 is 0. The Balaban J connectivity index is 2.75. The van der Waals surface area contributed by atoms with Crippen LogP contribution in [0, 0.1) is 0 Å². The molecule has 1 rings (SSSR count). The maximum Gasteiger partial charge on any atom is 0.411 e. The van der Waals surface area contributed by atoms with E-state index in [0.717, 1.165) is 16.7 Å². The molecule has 0 aromatic rings. The summed E-state index contributed by atoms with van der Waals surface area (Å²) in [6, 6.07) is -0.727. The Morgan fingerprint density at radius 3 is 2.41 bits per heavy atom. The summed E-state index contributed by atoms with van der Waals surface area (Å²) in [5, 5.41) is 9.10. The first-order chi connectivity index (χ1) is 7.70. The highest BCUT2D eigenvalue weighted by Gasteiger charge is 2.36. The van der Waals surface area contributed by atoms with E-state index in [1.807, 2.05) is 0 Å². The highest BCUT2D eigenvalue weighted by atomic mass is 28.1. The summed E-state index contributed by atoms with van der Waals surface area (Å²) < 4.78 is 5.25. The quantitative estimate of drug-likeness (QED) is 0.701. The molecule has 0 bridgehead atoms. The van der Waals surface area contributed by atoms with Crippen LogP contribution in [-0.4, -0.2) is 50.5 Å². The van der Waals surface area contributed by atoms with Gasteiger partial charge in [-0.3, -0.25) is 4.90 Å². The van der Waals surface area contributed by atoms with Gasteiger partial charge in [-0.15, -0.1) is 0 Å². The van der Waals surface area contributed by atoms with Crippen LogP contribution in [0.15, 0.2) is 0 Å². The molecule has 1 N–H and O–H groups in total. The summed E-state index contributed by atoms with van der Waals surface area (Å²) in [6.07, 6.45) is 0.913. The van der Waals surface area contributed by atoms with Crippen LogP contribution in [0.5, 0.6) is 0 Å². The van der Waals surface area contributed by atoms with E-state index in [9.17, 15) is 9.59 Å². The topological polar surface area (TPSA) is 66.8 Å². The van der Waals surface area contributed by atoms with Crippen LogP contribution in [0.1, 0.15) is 33.6 Å². The number of rotatable bonds is 1. The number of carbonyl (C=O) groups excluding carboxylic acids is 1. The van der Waals surface area contributed by atoms with Gasteiger partial charge >= 0.3 is 12.1 Å². The molecule has 1 amide bonds. The largest absolute Gasteiger partial charge is 0.480 e. The second-order valence-electron chi connectivity index (χ2n) is 5.67. The molecule has 1 aliphatic rings. The Labute approximate surface area is 105 Å². The Hall–Kier alpha value is -1.04. The monoisotopic (exact) mass is 259 g/mol. The van der Waals surface area contributed by atoms with Gasteiger partial charge in [0.2, 0.25) is 0 Å². The third-order valence-electron chi connectivity index (χ3n) is 2.73. The number of carboxylic acids is 1. The molecule has 0 saturated carbocycles. The summed E-state index contributed by atoms with van der Waals surface area (Å²) in [6.45, 7) is 5.85. The lowest BCUT2D eigenvalue weighted by Crippen LogP contribution is -2.51. The number of hydrogen-bond acceptors (Lipinski definition) is 3. The van der Waals surface area contributed by atoms with Crippen molar-refractivity contribution in [3.8, 4) is 0 Å². The third kappa shape index (κ3) is 4.03. The lowest BCUT2D eigenvalue weighted by Gasteiger charge is -2.37. The van der Waals surface area contributed by atoms with Crippen LogP contribution in [0.4, 0.5) is 4.79 Å². The molecule has 17 heavy (non-hydrogen) atoms. The molecular formula is C11H21NO4Si. The molecular weight excluding hydrogens is 238 g/mol. The van der Waals surface area contributed by atoms with Crippen LogP contribution in [0.2, 0.25) is 5.54 Å². The second-order valence-corrected chi connectivity index (χ2v) is 7.30. The SMILES string of the molecule is CC(C)(C)OC(=O)N1CC([SiH3])CC[C@@H]1C(=O)O. The van der Waals surface area contributed by atoms with Gasteiger partial charge in [-0.2, -0.15) is 0 Å². The number of nitrogens with zero attached hydrogens (tertiary/aromatic N) is 1. The molecule has 1 saturated heterocycles. The van der Waals surface area contributed by atoms with Gasteiger partial charge in [0.25, 0.3) is 0 Å². The fourth-order valence-electron chi connectivity index (χ4n) is 1.93. The highest BCUT2D eigenvalue weighted by molar-refractivity contribution is 6.12. The van der Waals surface area contributed by atoms with Crippen molar-refractivity contribution in [1.82, 2.24) is 4.90 Å². The minimum atomic E-state index is -0.940. The smallest absolute Gasteiger partial charge is 0.411 e. The zero-order valence-corrected chi connectivity index (χ0v) is 12.9. The molecule has 0 spiro atoms. The van der Waals surface area contributed by atoms with Crippen molar-refractivity contribution >= 4 is 22.3 Å². The van der Waals surface area contributed by atoms with Crippen molar-refractivity contribution in [2.45, 2.75) is 50.8 Å². The Kier molecular flexibility index (Phi) is 4.19. The van der Waals surface area contributed by atoms with Crippen LogP contribution in [0.3, 0.4) is 0 Å². The summed E-state index contributed by atoms with van der Waals surface area (Å²) in [7, 11) is 0.971. The van der Waals surface area contributed by atoms with E-state index in [1.54, 1.807) is 20.8 Å². The molecule has 0 aromatic heterocycles. The minimum absolute atomic E-state index is 0.457. The van der Waals surface area contributed by atoms with Gasteiger partial charge in [0, 0.05) is 16.8 Å². The molecule has 1 unspecified atom stereocenters. The molecule has 1 heterocycles. The van der Waals surface area contributed by atoms with Crippen molar-refractivity contribution in [3.05, 3.63) is 0 Å². The van der Waals surface area contributed by atoms with E-state index < -0.39 is 23.7 Å². The van der Waals surface area contributed by atoms with Crippen molar-refractivity contribution in [3.63, 3.8) is 0 Å². The Morgan fingerprint density at radius 2 is 1.94 bits per heavy atom. The van der Waals surface area contributed by atoms with Crippen LogP contribution < -0.4 is 0 Å². The molecule has 5 nitrogen and oxygen atoms in total. The molecule has 1 aliphatic heterocycles. The summed E-state index contributed by atoms with van der Waals surface area (Å²) in [5.74, 6) is -0.940. The van der Waals surface area contributed by atoms with Crippen molar-refractivity contribution in [1.29, 1.82) is 0 Å². The standard InChI is InChI=1S/C11H21NO4Si/c1-11(2,3)16-10(15)12-6-7(17)4-5-8(12)9(13)14/h7-8H,4-6H2,1-3,17H3,(H,13,14)/t7?,8-/m1/s1. The number of carboxylic acid groups (broad SMARTS) is 1. The van der Waals surface area contributed by atoms with E-state index in [2.05, 4.69) is 0 Å². The summed E-state index contributed by atoms with van der Waals surface area (Å²) in [4.78, 5) is 24.4. The van der Waals surface area contributed by atoms with E-state index >= 15 is 0 Å². The molecule has 6 heteroatoms. The van der Waals surface area contributed by atoms with Crippen molar-refractivity contribution < 1.29 is 19.4 Å². The van der Waals surface area contributed by atoms with E-state index in [1.165, 1.54) is 4.90 Å². The summed E-state index contributed by atoms with van der Waals surface area (Å²) in [5.41, 5.74) is -0.128. The zero-order valence-electron chi connectivity index (χ0n) is 10.9. The highest BCUT2D eigenvalue weighted by Crippen LogP contribution is 2.25. The predicted octanol–water partition coefficient (Wildman–Crippen LogP) is 0.624. The van der Waals surface area contributed by atoms with Gasteiger partial charge in [0.15, 0.2) is 0 Å². The minimum Gasteiger partial charge on any atom is -0.480 e. The van der Waals surface area contributed by atoms with Gasteiger partial charge in [-0.05, 0) is 39.2 Å². The van der Waals surface area contributed by atoms with Gasteiger partial charge in [-0.25, -0.2) is 9.59 Å². The normalized spacial score (nSPS) is 25.7. The van der Waals surface area contributed by atoms with E-state index in [0.29, 0.717) is 18.5 Å². The van der Waals surface area contributed by atoms with Crippen molar-refractivity contribution in [2.75, 3.05) is 6.54 Å². The molecule has 0 aliphatic carbocycles. The average Bonchev–Trinajstić information content (AvgIpc) is 2.14. The number of aliphatic carboxylic acids is 1. The molecule has 1 fully saturated rings. The lowest BCUT2D eigenvalue weighted by atomic mass is 10.0. The van der Waals surface area contributed by atoms with E-state index in [-0.39, 0.29) is 0 Å². The lowest BCUT2D eigenvalue weighted by molar-refractivity contribution is -0.144. The number of ether oxygens (including phenoxy) is 1. The molecule has 2 atom stereocenters. The van der Waals surface area contributed by atoms with Crippen LogP contribution >= 0.6 is 0 Å². The second kappa shape index (κ2) is 5.08. The number of amides is 1. The molecule has 0 radical (unpaired) electrons. The molecule has 98 valence electrons. The van der Waals surface area contributed by atoms with Crippen LogP contribution in [0.25, 0.3) is 0 Å². The predicted molar refractivity (Wildman–Crippen MR) is 67.3 cm³/mol. The average molecular weight is 259 g/mol. The Bertz CT molecular complexity index is 313. The number of hydrogen-bond donors (Lipinski definition) is 1. The zero-order chi connectivity index (χ0) is 13.2. The fourth-order valence-corrected chi connectivity index (χ4v) is 2.66. The Morgan fingerprint density at radius 1 is 1.35 bits per heavy atom. The van der Waals surface area contributed by atoms with Crippen molar-refractivity contribution in [2.24, 2.45) is 0 Å².